The maximum atomic E-state index is 11.9. The molecule has 6 nitrogen and oxygen atoms in total. The number of carbonyl (C=O) groups excluding carboxylic acids is 2. The zero-order chi connectivity index (χ0) is 16.4. The summed E-state index contributed by atoms with van der Waals surface area (Å²) in [5.74, 6) is -0.403. The van der Waals surface area contributed by atoms with Crippen LogP contribution in [0.4, 0.5) is 0 Å². The molecule has 0 spiro atoms. The lowest BCUT2D eigenvalue weighted by Crippen LogP contribution is -2.20. The van der Waals surface area contributed by atoms with E-state index < -0.39 is 18.5 Å². The summed E-state index contributed by atoms with van der Waals surface area (Å²) in [7, 11) is 0. The summed E-state index contributed by atoms with van der Waals surface area (Å²) < 4.78 is 6.91. The number of hydrogen-bond donors (Lipinski definition) is 1. The van der Waals surface area contributed by atoms with Gasteiger partial charge in [-0.3, -0.25) is 4.79 Å². The van der Waals surface area contributed by atoms with Gasteiger partial charge in [0.25, 0.3) is 5.91 Å². The Bertz CT molecular complexity index is 868. The van der Waals surface area contributed by atoms with Crippen molar-refractivity contribution in [1.29, 1.82) is 0 Å². The minimum absolute atomic E-state index is 0.346. The van der Waals surface area contributed by atoms with Gasteiger partial charge in [0.1, 0.15) is 5.82 Å². The van der Waals surface area contributed by atoms with E-state index in [9.17, 15) is 9.59 Å². The molecule has 23 heavy (non-hydrogen) atoms. The number of carbonyl (C=O) groups is 2. The van der Waals surface area contributed by atoms with Crippen molar-refractivity contribution in [2.75, 3.05) is 6.61 Å². The SMILES string of the molecule is Cc1nc2cc(C(=O)OCC(N)=O)ccc2n1Cc1ccsc1. The minimum Gasteiger partial charge on any atom is -0.452 e. The summed E-state index contributed by atoms with van der Waals surface area (Å²) in [5.41, 5.74) is 8.18. The number of nitrogens with two attached hydrogens (primary N) is 1. The maximum absolute atomic E-state index is 11.9. The molecule has 0 saturated carbocycles. The van der Waals surface area contributed by atoms with E-state index in [-0.39, 0.29) is 0 Å². The Morgan fingerprint density at radius 3 is 2.87 bits per heavy atom. The molecule has 0 unspecified atom stereocenters. The van der Waals surface area contributed by atoms with Crippen molar-refractivity contribution in [3.05, 3.63) is 52.0 Å². The molecule has 3 rings (SSSR count). The van der Waals surface area contributed by atoms with Crippen LogP contribution >= 0.6 is 11.3 Å². The van der Waals surface area contributed by atoms with Gasteiger partial charge in [0.15, 0.2) is 6.61 Å². The maximum Gasteiger partial charge on any atom is 0.338 e. The molecule has 3 aromatic rings. The second kappa shape index (κ2) is 6.21. The van der Waals surface area contributed by atoms with E-state index in [1.807, 2.05) is 18.4 Å². The highest BCUT2D eigenvalue weighted by Gasteiger charge is 2.13. The number of primary amides is 1. The average molecular weight is 329 g/mol. The van der Waals surface area contributed by atoms with E-state index in [0.29, 0.717) is 11.1 Å². The Morgan fingerprint density at radius 1 is 1.35 bits per heavy atom. The second-order valence-electron chi connectivity index (χ2n) is 5.12. The molecule has 2 N–H and O–H groups in total. The molecule has 0 fully saturated rings. The molecule has 1 aromatic carbocycles. The first-order chi connectivity index (χ1) is 11.0. The number of nitrogens with zero attached hydrogens (tertiary/aromatic N) is 2. The summed E-state index contributed by atoms with van der Waals surface area (Å²) >= 11 is 1.65. The van der Waals surface area contributed by atoms with Gasteiger partial charge in [-0.1, -0.05) is 0 Å². The number of thiophene rings is 1. The molecule has 0 saturated heterocycles. The second-order valence-corrected chi connectivity index (χ2v) is 5.90. The normalized spacial score (nSPS) is 10.8. The first-order valence-corrected chi connectivity index (χ1v) is 7.92. The van der Waals surface area contributed by atoms with Crippen molar-refractivity contribution in [2.45, 2.75) is 13.5 Å². The number of fused-ring (bicyclic) bond motifs is 1. The molecule has 7 heteroatoms. The van der Waals surface area contributed by atoms with Crippen LogP contribution in [0.1, 0.15) is 21.7 Å². The van der Waals surface area contributed by atoms with Crippen molar-refractivity contribution in [3.8, 4) is 0 Å². The first-order valence-electron chi connectivity index (χ1n) is 6.98. The third-order valence-corrected chi connectivity index (χ3v) is 4.17. The number of ether oxygens (including phenoxy) is 1. The molecule has 0 atom stereocenters. The number of imidazole rings is 1. The highest BCUT2D eigenvalue weighted by atomic mass is 32.1. The van der Waals surface area contributed by atoms with Crippen molar-refractivity contribution in [1.82, 2.24) is 9.55 Å². The average Bonchev–Trinajstić information content (AvgIpc) is 3.13. The molecular formula is C16H15N3O3S. The van der Waals surface area contributed by atoms with Gasteiger partial charge in [-0.2, -0.15) is 11.3 Å². The Kier molecular flexibility index (Phi) is 4.12. The fourth-order valence-electron chi connectivity index (χ4n) is 2.36. The van der Waals surface area contributed by atoms with Crippen LogP contribution in [-0.4, -0.2) is 28.0 Å². The predicted molar refractivity (Wildman–Crippen MR) is 87.4 cm³/mol. The smallest absolute Gasteiger partial charge is 0.338 e. The van der Waals surface area contributed by atoms with E-state index in [1.165, 1.54) is 5.56 Å². The van der Waals surface area contributed by atoms with Crippen molar-refractivity contribution >= 4 is 34.2 Å². The largest absolute Gasteiger partial charge is 0.452 e. The van der Waals surface area contributed by atoms with Crippen LogP contribution in [0.3, 0.4) is 0 Å². The lowest BCUT2D eigenvalue weighted by atomic mass is 10.2. The van der Waals surface area contributed by atoms with Crippen molar-refractivity contribution in [3.63, 3.8) is 0 Å². The Labute approximate surface area is 136 Å². The number of benzene rings is 1. The standard InChI is InChI=1S/C16H15N3O3S/c1-10-18-13-6-12(16(21)22-8-15(17)20)2-3-14(13)19(10)7-11-4-5-23-9-11/h2-6,9H,7-8H2,1H3,(H2,17,20). The van der Waals surface area contributed by atoms with Gasteiger partial charge < -0.3 is 15.0 Å². The monoisotopic (exact) mass is 329 g/mol. The molecule has 0 aliphatic carbocycles. The van der Waals surface area contributed by atoms with E-state index in [2.05, 4.69) is 21.0 Å². The number of aryl methyl sites for hydroxylation is 1. The van der Waals surface area contributed by atoms with Gasteiger partial charge in [-0.15, -0.1) is 0 Å². The molecule has 0 radical (unpaired) electrons. The predicted octanol–water partition coefficient (Wildman–Crippen LogP) is 2.10. The van der Waals surface area contributed by atoms with Gasteiger partial charge in [0.05, 0.1) is 23.1 Å². The molecule has 2 aromatic heterocycles. The van der Waals surface area contributed by atoms with Crippen LogP contribution in [0, 0.1) is 6.92 Å². The molecular weight excluding hydrogens is 314 g/mol. The molecule has 1 amide bonds. The van der Waals surface area contributed by atoms with E-state index in [1.54, 1.807) is 23.5 Å². The van der Waals surface area contributed by atoms with Gasteiger partial charge in [0.2, 0.25) is 0 Å². The van der Waals surface area contributed by atoms with Gasteiger partial charge in [0, 0.05) is 0 Å². The van der Waals surface area contributed by atoms with Crippen molar-refractivity contribution < 1.29 is 14.3 Å². The third kappa shape index (κ3) is 3.24. The lowest BCUT2D eigenvalue weighted by Gasteiger charge is -2.06. The number of esters is 1. The van der Waals surface area contributed by atoms with E-state index in [0.717, 1.165) is 17.9 Å². The summed E-state index contributed by atoms with van der Waals surface area (Å²) in [4.78, 5) is 27.1. The van der Waals surface area contributed by atoms with Crippen LogP contribution in [-0.2, 0) is 16.1 Å². The highest BCUT2D eigenvalue weighted by Crippen LogP contribution is 2.20. The Hall–Kier alpha value is -2.67. The van der Waals surface area contributed by atoms with Crippen LogP contribution in [0.15, 0.2) is 35.0 Å². The fourth-order valence-corrected chi connectivity index (χ4v) is 3.02. The molecule has 2 heterocycles. The summed E-state index contributed by atoms with van der Waals surface area (Å²) in [6.45, 7) is 2.23. The number of rotatable bonds is 5. The molecule has 0 aliphatic heterocycles. The van der Waals surface area contributed by atoms with E-state index in [4.69, 9.17) is 10.5 Å². The topological polar surface area (TPSA) is 87.2 Å². The van der Waals surface area contributed by atoms with Gasteiger partial charge >= 0.3 is 5.97 Å². The van der Waals surface area contributed by atoms with Crippen LogP contribution < -0.4 is 5.73 Å². The Balaban J connectivity index is 1.89. The summed E-state index contributed by atoms with van der Waals surface area (Å²) in [5, 5.41) is 4.14. The first kappa shape index (κ1) is 15.2. The zero-order valence-electron chi connectivity index (χ0n) is 12.5. The zero-order valence-corrected chi connectivity index (χ0v) is 13.3. The number of hydrogen-bond acceptors (Lipinski definition) is 5. The summed E-state index contributed by atoms with van der Waals surface area (Å²) in [6.07, 6.45) is 0. The van der Waals surface area contributed by atoms with Crippen LogP contribution in [0.5, 0.6) is 0 Å². The lowest BCUT2D eigenvalue weighted by molar-refractivity contribution is -0.121. The van der Waals surface area contributed by atoms with Gasteiger partial charge in [-0.25, -0.2) is 9.78 Å². The number of amides is 1. The van der Waals surface area contributed by atoms with Crippen molar-refractivity contribution in [2.24, 2.45) is 5.73 Å². The van der Waals surface area contributed by atoms with Crippen LogP contribution in [0.25, 0.3) is 11.0 Å². The van der Waals surface area contributed by atoms with Gasteiger partial charge in [-0.05, 0) is 47.5 Å². The van der Waals surface area contributed by atoms with Crippen LogP contribution in [0.2, 0.25) is 0 Å². The van der Waals surface area contributed by atoms with E-state index >= 15 is 0 Å². The molecule has 0 bridgehead atoms. The minimum atomic E-state index is -0.685. The Morgan fingerprint density at radius 2 is 2.17 bits per heavy atom. The highest BCUT2D eigenvalue weighted by molar-refractivity contribution is 7.07. The molecule has 118 valence electrons. The fraction of sp³-hybridized carbons (Fsp3) is 0.188. The quantitative estimate of drug-likeness (QED) is 0.726. The number of aromatic nitrogens is 2. The summed E-state index contributed by atoms with van der Waals surface area (Å²) in [6, 6.07) is 7.24. The third-order valence-electron chi connectivity index (χ3n) is 3.44. The molecule has 0 aliphatic rings.